The SMILES string of the molecule is CCNC(C)c1ccc(SC2COC2)cc1. The standard InChI is InChI=1S/C13H19NOS/c1-3-14-10(2)11-4-6-12(7-5-11)16-13-8-15-9-13/h4-7,10,13-14H,3,8-9H2,1-2H3. The molecule has 1 N–H and O–H groups in total. The lowest BCUT2D eigenvalue weighted by Gasteiger charge is -2.25. The molecule has 0 spiro atoms. The van der Waals surface area contributed by atoms with Gasteiger partial charge in [-0.15, -0.1) is 11.8 Å². The monoisotopic (exact) mass is 237 g/mol. The molecular formula is C13H19NOS. The van der Waals surface area contributed by atoms with E-state index in [-0.39, 0.29) is 0 Å². The fraction of sp³-hybridized carbons (Fsp3) is 0.538. The first kappa shape index (κ1) is 12.0. The maximum atomic E-state index is 5.17. The van der Waals surface area contributed by atoms with Crippen molar-refractivity contribution in [2.75, 3.05) is 19.8 Å². The normalized spacial score (nSPS) is 18.1. The van der Waals surface area contributed by atoms with Crippen molar-refractivity contribution in [1.29, 1.82) is 0 Å². The van der Waals surface area contributed by atoms with Crippen LogP contribution in [-0.4, -0.2) is 25.0 Å². The summed E-state index contributed by atoms with van der Waals surface area (Å²) in [5.74, 6) is 0. The minimum absolute atomic E-state index is 0.441. The molecule has 1 saturated heterocycles. The molecule has 1 aromatic rings. The maximum Gasteiger partial charge on any atom is 0.0611 e. The molecule has 0 bridgehead atoms. The third kappa shape index (κ3) is 3.00. The molecule has 16 heavy (non-hydrogen) atoms. The van der Waals surface area contributed by atoms with Gasteiger partial charge in [0.1, 0.15) is 0 Å². The Balaban J connectivity index is 1.92. The van der Waals surface area contributed by atoms with Gasteiger partial charge in [0.2, 0.25) is 0 Å². The smallest absolute Gasteiger partial charge is 0.0611 e. The fourth-order valence-electron chi connectivity index (χ4n) is 1.73. The van der Waals surface area contributed by atoms with E-state index in [2.05, 4.69) is 43.4 Å². The number of hydrogen-bond donors (Lipinski definition) is 1. The molecule has 0 radical (unpaired) electrons. The summed E-state index contributed by atoms with van der Waals surface area (Å²) in [6.07, 6.45) is 0. The summed E-state index contributed by atoms with van der Waals surface area (Å²) in [5.41, 5.74) is 1.36. The lowest BCUT2D eigenvalue weighted by Crippen LogP contribution is -2.29. The Morgan fingerprint density at radius 2 is 2.06 bits per heavy atom. The zero-order valence-corrected chi connectivity index (χ0v) is 10.7. The van der Waals surface area contributed by atoms with Crippen LogP contribution in [0.15, 0.2) is 29.2 Å². The summed E-state index contributed by atoms with van der Waals surface area (Å²) in [6.45, 7) is 7.15. The van der Waals surface area contributed by atoms with Gasteiger partial charge in [-0.25, -0.2) is 0 Å². The minimum atomic E-state index is 0.441. The van der Waals surface area contributed by atoms with Crippen molar-refractivity contribution in [2.45, 2.75) is 30.0 Å². The quantitative estimate of drug-likeness (QED) is 0.851. The highest BCUT2D eigenvalue weighted by Gasteiger charge is 2.19. The molecule has 1 unspecified atom stereocenters. The van der Waals surface area contributed by atoms with Crippen LogP contribution in [0, 0.1) is 0 Å². The first-order chi connectivity index (χ1) is 7.79. The lowest BCUT2D eigenvalue weighted by atomic mass is 10.1. The van der Waals surface area contributed by atoms with Crippen LogP contribution in [0.2, 0.25) is 0 Å². The van der Waals surface area contributed by atoms with Gasteiger partial charge in [0.25, 0.3) is 0 Å². The first-order valence-electron chi connectivity index (χ1n) is 5.87. The van der Waals surface area contributed by atoms with Crippen LogP contribution in [0.25, 0.3) is 0 Å². The highest BCUT2D eigenvalue weighted by molar-refractivity contribution is 8.00. The minimum Gasteiger partial charge on any atom is -0.379 e. The molecule has 2 nitrogen and oxygen atoms in total. The Hall–Kier alpha value is -0.510. The summed E-state index contributed by atoms with van der Waals surface area (Å²) in [4.78, 5) is 1.35. The Morgan fingerprint density at radius 3 is 2.56 bits per heavy atom. The summed E-state index contributed by atoms with van der Waals surface area (Å²) in [6, 6.07) is 9.30. The van der Waals surface area contributed by atoms with Crippen molar-refractivity contribution >= 4 is 11.8 Å². The predicted octanol–water partition coefficient (Wildman–Crippen LogP) is 2.85. The number of thioether (sulfide) groups is 1. The molecule has 0 aromatic heterocycles. The third-order valence-corrected chi connectivity index (χ3v) is 3.95. The molecule has 1 aromatic carbocycles. The fourth-order valence-corrected chi connectivity index (χ4v) is 2.74. The van der Waals surface area contributed by atoms with E-state index in [9.17, 15) is 0 Å². The second-order valence-corrected chi connectivity index (χ2v) is 5.50. The van der Waals surface area contributed by atoms with E-state index in [0.29, 0.717) is 11.3 Å². The Labute approximate surface area is 102 Å². The molecule has 1 fully saturated rings. The van der Waals surface area contributed by atoms with Crippen LogP contribution in [0.3, 0.4) is 0 Å². The van der Waals surface area contributed by atoms with Crippen LogP contribution in [0.1, 0.15) is 25.5 Å². The van der Waals surface area contributed by atoms with E-state index in [0.717, 1.165) is 19.8 Å². The van der Waals surface area contributed by atoms with Gasteiger partial charge in [-0.05, 0) is 31.2 Å². The summed E-state index contributed by atoms with van der Waals surface area (Å²) in [7, 11) is 0. The topological polar surface area (TPSA) is 21.3 Å². The van der Waals surface area contributed by atoms with E-state index in [1.54, 1.807) is 0 Å². The number of hydrogen-bond acceptors (Lipinski definition) is 3. The van der Waals surface area contributed by atoms with Gasteiger partial charge in [-0.2, -0.15) is 0 Å². The molecule has 1 atom stereocenters. The molecule has 0 aliphatic carbocycles. The predicted molar refractivity (Wildman–Crippen MR) is 69.0 cm³/mol. The number of nitrogens with one attached hydrogen (secondary N) is 1. The zero-order valence-electron chi connectivity index (χ0n) is 9.90. The average Bonchev–Trinajstić information content (AvgIpc) is 2.25. The molecule has 1 aliphatic rings. The molecule has 1 aliphatic heterocycles. The van der Waals surface area contributed by atoms with Gasteiger partial charge >= 0.3 is 0 Å². The van der Waals surface area contributed by atoms with E-state index < -0.39 is 0 Å². The lowest BCUT2D eigenvalue weighted by molar-refractivity contribution is 0.0455. The van der Waals surface area contributed by atoms with E-state index in [1.165, 1.54) is 10.5 Å². The average molecular weight is 237 g/mol. The maximum absolute atomic E-state index is 5.17. The van der Waals surface area contributed by atoms with E-state index >= 15 is 0 Å². The summed E-state index contributed by atoms with van der Waals surface area (Å²) < 4.78 is 5.17. The summed E-state index contributed by atoms with van der Waals surface area (Å²) >= 11 is 1.92. The van der Waals surface area contributed by atoms with Gasteiger partial charge in [-0.3, -0.25) is 0 Å². The van der Waals surface area contributed by atoms with Crippen molar-refractivity contribution < 1.29 is 4.74 Å². The van der Waals surface area contributed by atoms with Gasteiger partial charge in [0, 0.05) is 10.9 Å². The zero-order chi connectivity index (χ0) is 11.4. The van der Waals surface area contributed by atoms with Crippen molar-refractivity contribution in [2.24, 2.45) is 0 Å². The van der Waals surface area contributed by atoms with Gasteiger partial charge in [0.15, 0.2) is 0 Å². The highest BCUT2D eigenvalue weighted by atomic mass is 32.2. The van der Waals surface area contributed by atoms with Crippen LogP contribution in [0.4, 0.5) is 0 Å². The van der Waals surface area contributed by atoms with Crippen molar-refractivity contribution in [3.05, 3.63) is 29.8 Å². The molecule has 1 heterocycles. The third-order valence-electron chi connectivity index (χ3n) is 2.80. The van der Waals surface area contributed by atoms with Gasteiger partial charge < -0.3 is 10.1 Å². The van der Waals surface area contributed by atoms with E-state index in [1.807, 2.05) is 11.8 Å². The van der Waals surface area contributed by atoms with Gasteiger partial charge in [0.05, 0.1) is 18.5 Å². The Kier molecular flexibility index (Phi) is 4.27. The Morgan fingerprint density at radius 1 is 1.38 bits per heavy atom. The van der Waals surface area contributed by atoms with Crippen molar-refractivity contribution in [3.8, 4) is 0 Å². The number of benzene rings is 1. The Bertz CT molecular complexity index is 321. The molecule has 2 rings (SSSR count). The first-order valence-corrected chi connectivity index (χ1v) is 6.75. The number of ether oxygens (including phenoxy) is 1. The van der Waals surface area contributed by atoms with Crippen molar-refractivity contribution in [3.63, 3.8) is 0 Å². The van der Waals surface area contributed by atoms with Crippen LogP contribution in [0.5, 0.6) is 0 Å². The van der Waals surface area contributed by atoms with Crippen LogP contribution in [-0.2, 0) is 4.74 Å². The molecule has 0 saturated carbocycles. The number of rotatable bonds is 5. The molecular weight excluding hydrogens is 218 g/mol. The summed E-state index contributed by atoms with van der Waals surface area (Å²) in [5, 5.41) is 4.08. The van der Waals surface area contributed by atoms with Crippen LogP contribution < -0.4 is 5.32 Å². The second kappa shape index (κ2) is 5.71. The van der Waals surface area contributed by atoms with Gasteiger partial charge in [-0.1, -0.05) is 19.1 Å². The molecule has 88 valence electrons. The second-order valence-electron chi connectivity index (χ2n) is 4.13. The molecule has 0 amide bonds. The van der Waals surface area contributed by atoms with E-state index in [4.69, 9.17) is 4.74 Å². The molecule has 3 heteroatoms. The van der Waals surface area contributed by atoms with Crippen LogP contribution >= 0.6 is 11.8 Å². The van der Waals surface area contributed by atoms with Crippen molar-refractivity contribution in [1.82, 2.24) is 5.32 Å². The largest absolute Gasteiger partial charge is 0.379 e. The highest BCUT2D eigenvalue weighted by Crippen LogP contribution is 2.28.